The van der Waals surface area contributed by atoms with Crippen molar-refractivity contribution in [1.82, 2.24) is 20.2 Å². The lowest BCUT2D eigenvalue weighted by Crippen LogP contribution is -2.50. The molecule has 1 aliphatic heterocycles. The van der Waals surface area contributed by atoms with Gasteiger partial charge in [0.1, 0.15) is 11.4 Å². The number of urea groups is 1. The van der Waals surface area contributed by atoms with Gasteiger partial charge >= 0.3 is 12.1 Å². The van der Waals surface area contributed by atoms with Gasteiger partial charge in [0, 0.05) is 32.2 Å². The smallest absolute Gasteiger partial charge is 0.410 e. The van der Waals surface area contributed by atoms with Gasteiger partial charge in [-0.3, -0.25) is 0 Å². The Morgan fingerprint density at radius 3 is 2.36 bits per heavy atom. The van der Waals surface area contributed by atoms with Crippen LogP contribution in [0.2, 0.25) is 0 Å². The summed E-state index contributed by atoms with van der Waals surface area (Å²) < 4.78 is 19.2. The topological polar surface area (TPSA) is 99.7 Å². The second kappa shape index (κ2) is 10.5. The number of nitrogens with zero attached hydrogens (tertiary/aromatic N) is 4. The minimum atomic E-state index is -0.526. The number of nitrogens with one attached hydrogen (secondary N) is 2. The number of carbonyl (C=O) groups is 2. The molecule has 2 heterocycles. The predicted molar refractivity (Wildman–Crippen MR) is 124 cm³/mol. The molecule has 0 bridgehead atoms. The average Bonchev–Trinajstić information content (AvgIpc) is 2.75. The van der Waals surface area contributed by atoms with Crippen LogP contribution in [0.15, 0.2) is 36.7 Å². The van der Waals surface area contributed by atoms with Gasteiger partial charge in [0.05, 0.1) is 18.1 Å². The largest absolute Gasteiger partial charge is 0.444 e. The van der Waals surface area contributed by atoms with E-state index in [1.807, 2.05) is 32.6 Å². The first-order valence-corrected chi connectivity index (χ1v) is 11.0. The number of hydrogen-bond donors (Lipinski definition) is 2. The van der Waals surface area contributed by atoms with Crippen LogP contribution in [-0.2, 0) is 11.2 Å². The second-order valence-corrected chi connectivity index (χ2v) is 9.02. The second-order valence-electron chi connectivity index (χ2n) is 9.02. The zero-order chi connectivity index (χ0) is 24.0. The molecule has 1 saturated heterocycles. The highest BCUT2D eigenvalue weighted by Gasteiger charge is 2.26. The molecule has 1 aromatic carbocycles. The zero-order valence-corrected chi connectivity index (χ0v) is 19.5. The van der Waals surface area contributed by atoms with Crippen LogP contribution in [0.3, 0.4) is 0 Å². The lowest BCUT2D eigenvalue weighted by molar-refractivity contribution is 0.0240. The fraction of sp³-hybridized carbons (Fsp3) is 0.478. The first-order chi connectivity index (χ1) is 15.6. The van der Waals surface area contributed by atoms with Crippen LogP contribution in [0.4, 0.5) is 25.6 Å². The number of aromatic nitrogens is 2. The van der Waals surface area contributed by atoms with E-state index in [1.165, 1.54) is 18.5 Å². The van der Waals surface area contributed by atoms with Crippen LogP contribution in [0.5, 0.6) is 0 Å². The van der Waals surface area contributed by atoms with E-state index in [2.05, 4.69) is 20.6 Å². The van der Waals surface area contributed by atoms with Crippen LogP contribution >= 0.6 is 0 Å². The molecular formula is C23H31FN6O3. The van der Waals surface area contributed by atoms with E-state index in [9.17, 15) is 14.0 Å². The van der Waals surface area contributed by atoms with Gasteiger partial charge in [0.2, 0.25) is 5.95 Å². The summed E-state index contributed by atoms with van der Waals surface area (Å²) in [5.74, 6) is 0.236. The molecular weight excluding hydrogens is 427 g/mol. The van der Waals surface area contributed by atoms with Crippen molar-refractivity contribution in [2.24, 2.45) is 0 Å². The Hall–Kier alpha value is -3.43. The van der Waals surface area contributed by atoms with Gasteiger partial charge in [-0.15, -0.1) is 0 Å². The number of carbonyl (C=O) groups excluding carboxylic acids is 2. The lowest BCUT2D eigenvalue weighted by Gasteiger charge is -2.35. The van der Waals surface area contributed by atoms with Crippen LogP contribution in [0.25, 0.3) is 0 Å². The molecule has 0 aliphatic carbocycles. The van der Waals surface area contributed by atoms with Crippen LogP contribution < -0.4 is 15.5 Å². The van der Waals surface area contributed by atoms with E-state index >= 15 is 0 Å². The standard InChI is InChI=1S/C23H31FN6O3/c1-16(13-17-7-5-6-8-19(17)24)27-21(31)28-18-14-25-20(26-15-18)29-9-11-30(12-10-29)22(32)33-23(2,3)4/h5-8,14-16H,9-13H2,1-4H3,(H2,27,28,31). The monoisotopic (exact) mass is 458 g/mol. The molecule has 10 heteroatoms. The third kappa shape index (κ3) is 7.30. The van der Waals surface area contributed by atoms with E-state index in [0.29, 0.717) is 49.8 Å². The highest BCUT2D eigenvalue weighted by Crippen LogP contribution is 2.16. The van der Waals surface area contributed by atoms with Crippen molar-refractivity contribution in [1.29, 1.82) is 0 Å². The van der Waals surface area contributed by atoms with Crippen molar-refractivity contribution >= 4 is 23.8 Å². The summed E-state index contributed by atoms with van der Waals surface area (Å²) in [5.41, 5.74) is 0.466. The minimum absolute atomic E-state index is 0.261. The van der Waals surface area contributed by atoms with Crippen LogP contribution in [0.1, 0.15) is 33.3 Å². The molecule has 2 N–H and O–H groups in total. The van der Waals surface area contributed by atoms with Crippen molar-refractivity contribution in [3.05, 3.63) is 48.0 Å². The molecule has 3 amide bonds. The molecule has 1 aliphatic rings. The molecule has 1 unspecified atom stereocenters. The maximum Gasteiger partial charge on any atom is 0.410 e. The maximum atomic E-state index is 13.8. The molecule has 1 aromatic heterocycles. The molecule has 2 aromatic rings. The number of anilines is 2. The molecule has 3 rings (SSSR count). The fourth-order valence-electron chi connectivity index (χ4n) is 3.40. The minimum Gasteiger partial charge on any atom is -0.444 e. The molecule has 1 atom stereocenters. The third-order valence-electron chi connectivity index (χ3n) is 4.97. The summed E-state index contributed by atoms with van der Waals surface area (Å²) in [6, 6.07) is 5.82. The Bertz CT molecular complexity index is 955. The van der Waals surface area contributed by atoms with Gasteiger partial charge in [-0.1, -0.05) is 18.2 Å². The first kappa shape index (κ1) is 24.2. The third-order valence-corrected chi connectivity index (χ3v) is 4.97. The van der Waals surface area contributed by atoms with Gasteiger partial charge in [-0.05, 0) is 45.7 Å². The number of benzene rings is 1. The summed E-state index contributed by atoms with van der Waals surface area (Å²) in [7, 11) is 0. The molecule has 0 radical (unpaired) electrons. The first-order valence-electron chi connectivity index (χ1n) is 11.0. The summed E-state index contributed by atoms with van der Waals surface area (Å²) in [6.07, 6.45) is 3.12. The maximum absolute atomic E-state index is 13.8. The SMILES string of the molecule is CC(Cc1ccccc1F)NC(=O)Nc1cnc(N2CCN(C(=O)OC(C)(C)C)CC2)nc1. The quantitative estimate of drug-likeness (QED) is 0.712. The van der Waals surface area contributed by atoms with E-state index in [4.69, 9.17) is 4.74 Å². The average molecular weight is 459 g/mol. The highest BCUT2D eigenvalue weighted by atomic mass is 19.1. The number of rotatable bonds is 5. The fourth-order valence-corrected chi connectivity index (χ4v) is 3.40. The van der Waals surface area contributed by atoms with Gasteiger partial charge < -0.3 is 25.2 Å². The van der Waals surface area contributed by atoms with Gasteiger partial charge in [0.15, 0.2) is 0 Å². The van der Waals surface area contributed by atoms with Crippen LogP contribution in [-0.4, -0.2) is 64.8 Å². The highest BCUT2D eigenvalue weighted by molar-refractivity contribution is 5.89. The Balaban J connectivity index is 1.46. The normalized spacial score (nSPS) is 15.1. The lowest BCUT2D eigenvalue weighted by atomic mass is 10.1. The number of amides is 3. The van der Waals surface area contributed by atoms with Crippen molar-refractivity contribution in [2.45, 2.75) is 45.8 Å². The molecule has 1 fully saturated rings. The van der Waals surface area contributed by atoms with Crippen molar-refractivity contribution in [3.63, 3.8) is 0 Å². The number of hydrogen-bond acceptors (Lipinski definition) is 6. The summed E-state index contributed by atoms with van der Waals surface area (Å²) >= 11 is 0. The van der Waals surface area contributed by atoms with E-state index in [-0.39, 0.29) is 18.0 Å². The molecule has 33 heavy (non-hydrogen) atoms. The number of halogens is 1. The molecule has 178 valence electrons. The number of piperazine rings is 1. The number of ether oxygens (including phenoxy) is 1. The predicted octanol–water partition coefficient (Wildman–Crippen LogP) is 3.43. The van der Waals surface area contributed by atoms with E-state index < -0.39 is 11.6 Å². The molecule has 0 spiro atoms. The zero-order valence-electron chi connectivity index (χ0n) is 19.5. The van der Waals surface area contributed by atoms with Gasteiger partial charge in [-0.25, -0.2) is 23.9 Å². The molecule has 9 nitrogen and oxygen atoms in total. The van der Waals surface area contributed by atoms with Gasteiger partial charge in [-0.2, -0.15) is 0 Å². The Morgan fingerprint density at radius 2 is 1.76 bits per heavy atom. The van der Waals surface area contributed by atoms with E-state index in [0.717, 1.165) is 0 Å². The Morgan fingerprint density at radius 1 is 1.12 bits per heavy atom. The molecule has 0 saturated carbocycles. The van der Waals surface area contributed by atoms with Crippen molar-refractivity contribution < 1.29 is 18.7 Å². The van der Waals surface area contributed by atoms with Gasteiger partial charge in [0.25, 0.3) is 0 Å². The Kier molecular flexibility index (Phi) is 7.67. The summed E-state index contributed by atoms with van der Waals surface area (Å²) in [4.78, 5) is 36.7. The van der Waals surface area contributed by atoms with E-state index in [1.54, 1.807) is 23.1 Å². The Labute approximate surface area is 193 Å². The van der Waals surface area contributed by atoms with Crippen LogP contribution in [0, 0.1) is 5.82 Å². The summed E-state index contributed by atoms with van der Waals surface area (Å²) in [6.45, 7) is 9.53. The summed E-state index contributed by atoms with van der Waals surface area (Å²) in [5, 5.41) is 5.47. The van der Waals surface area contributed by atoms with Crippen molar-refractivity contribution in [3.8, 4) is 0 Å². The van der Waals surface area contributed by atoms with Crippen molar-refractivity contribution in [2.75, 3.05) is 36.4 Å².